The van der Waals surface area contributed by atoms with Crippen molar-refractivity contribution in [1.29, 1.82) is 0 Å². The fraction of sp³-hybridized carbons (Fsp3) is 0.529. The smallest absolute Gasteiger partial charge is 0.305 e. The van der Waals surface area contributed by atoms with Crippen molar-refractivity contribution in [3.05, 3.63) is 24.3 Å². The highest BCUT2D eigenvalue weighted by atomic mass is 16.5. The molecule has 7 nitrogen and oxygen atoms in total. The summed E-state index contributed by atoms with van der Waals surface area (Å²) in [5, 5.41) is 12.9. The molecule has 1 heterocycles. The first-order valence-corrected chi connectivity index (χ1v) is 8.16. The Kier molecular flexibility index (Phi) is 7.02. The van der Waals surface area contributed by atoms with Gasteiger partial charge in [0.1, 0.15) is 19.3 Å². The van der Waals surface area contributed by atoms with Crippen LogP contribution in [0.5, 0.6) is 0 Å². The number of carbonyl (C=O) groups is 2. The van der Waals surface area contributed by atoms with Gasteiger partial charge in [-0.05, 0) is 30.7 Å². The number of benzene rings is 1. The van der Waals surface area contributed by atoms with Crippen molar-refractivity contribution in [2.24, 2.45) is 0 Å². The Morgan fingerprint density at radius 2 is 2.17 bits per heavy atom. The molecule has 1 saturated heterocycles. The number of nitrogens with one attached hydrogen (secondary N) is 1. The molecule has 1 fully saturated rings. The maximum Gasteiger partial charge on any atom is 0.305 e. The largest absolute Gasteiger partial charge is 0.463 e. The molecule has 0 aliphatic carbocycles. The van der Waals surface area contributed by atoms with Gasteiger partial charge < -0.3 is 24.8 Å². The van der Waals surface area contributed by atoms with E-state index in [4.69, 9.17) is 9.47 Å². The molecular weight excluding hydrogens is 312 g/mol. The number of carbonyl (C=O) groups excluding carboxylic acids is 2. The number of hydrogen-bond donors (Lipinski definition) is 2. The van der Waals surface area contributed by atoms with E-state index in [0.29, 0.717) is 19.6 Å². The van der Waals surface area contributed by atoms with Crippen molar-refractivity contribution in [2.75, 3.05) is 43.1 Å². The zero-order chi connectivity index (χ0) is 17.4. The minimum atomic E-state index is -0.772. The number of aliphatic hydroxyl groups is 1. The molecular formula is C17H24N2O5. The molecule has 1 aromatic rings. The summed E-state index contributed by atoms with van der Waals surface area (Å²) in [5.74, 6) is -0.345. The number of aliphatic hydroxyl groups excluding tert-OH is 1. The number of rotatable bonds is 8. The van der Waals surface area contributed by atoms with Gasteiger partial charge in [-0.15, -0.1) is 0 Å². The Morgan fingerprint density at radius 3 is 2.83 bits per heavy atom. The summed E-state index contributed by atoms with van der Waals surface area (Å²) in [6.07, 6.45) is 0.318. The molecule has 1 aromatic carbocycles. The molecule has 0 unspecified atom stereocenters. The molecule has 1 amide bonds. The van der Waals surface area contributed by atoms with Gasteiger partial charge in [0.25, 0.3) is 5.91 Å². The summed E-state index contributed by atoms with van der Waals surface area (Å²) in [7, 11) is 0. The molecule has 1 aliphatic heterocycles. The van der Waals surface area contributed by atoms with Gasteiger partial charge in [0.05, 0.1) is 6.61 Å². The molecule has 132 valence electrons. The number of anilines is 2. The van der Waals surface area contributed by atoms with Crippen molar-refractivity contribution in [3.63, 3.8) is 0 Å². The van der Waals surface area contributed by atoms with E-state index >= 15 is 0 Å². The number of nitrogens with zero attached hydrogens (tertiary/aromatic N) is 1. The highest BCUT2D eigenvalue weighted by Crippen LogP contribution is 2.19. The second-order valence-electron chi connectivity index (χ2n) is 5.61. The third kappa shape index (κ3) is 5.50. The third-order valence-electron chi connectivity index (χ3n) is 3.60. The maximum absolute atomic E-state index is 11.8. The van der Waals surface area contributed by atoms with Gasteiger partial charge in [-0.3, -0.25) is 9.59 Å². The van der Waals surface area contributed by atoms with Crippen LogP contribution in [0.3, 0.4) is 0 Å². The summed E-state index contributed by atoms with van der Waals surface area (Å²) in [6.45, 7) is 3.35. The van der Waals surface area contributed by atoms with Crippen LogP contribution in [0.2, 0.25) is 0 Å². The average Bonchev–Trinajstić information content (AvgIpc) is 2.59. The van der Waals surface area contributed by atoms with Crippen LogP contribution in [0.25, 0.3) is 0 Å². The summed E-state index contributed by atoms with van der Waals surface area (Å²) in [4.78, 5) is 24.7. The minimum Gasteiger partial charge on any atom is -0.463 e. The van der Waals surface area contributed by atoms with E-state index in [1.54, 1.807) is 4.90 Å². The fourth-order valence-electron chi connectivity index (χ4n) is 2.31. The van der Waals surface area contributed by atoms with Crippen molar-refractivity contribution in [1.82, 2.24) is 0 Å². The Labute approximate surface area is 141 Å². The summed E-state index contributed by atoms with van der Waals surface area (Å²) >= 11 is 0. The molecule has 7 heteroatoms. The number of esters is 1. The number of ether oxygens (including phenoxy) is 2. The van der Waals surface area contributed by atoms with Crippen LogP contribution < -0.4 is 10.2 Å². The maximum atomic E-state index is 11.8. The van der Waals surface area contributed by atoms with Gasteiger partial charge in [0.15, 0.2) is 0 Å². The highest BCUT2D eigenvalue weighted by Gasteiger charge is 2.19. The standard InChI is InChI=1S/C17H24N2O5/c1-2-3-17(22)24-11-15(20)10-18-13-4-6-14(7-5-13)19-8-9-23-12-16(19)21/h4-7,15,18,20H,2-3,8-12H2,1H3/t15-/m1/s1. The highest BCUT2D eigenvalue weighted by molar-refractivity contribution is 5.94. The SMILES string of the molecule is CCCC(=O)OC[C@H](O)CNc1ccc(N2CCOCC2=O)cc1. The molecule has 24 heavy (non-hydrogen) atoms. The van der Waals surface area contributed by atoms with Gasteiger partial charge in [0, 0.05) is 30.9 Å². The van der Waals surface area contributed by atoms with Gasteiger partial charge in [0.2, 0.25) is 0 Å². The lowest BCUT2D eigenvalue weighted by molar-refractivity contribution is -0.146. The van der Waals surface area contributed by atoms with Crippen LogP contribution in [0.15, 0.2) is 24.3 Å². The Morgan fingerprint density at radius 1 is 1.42 bits per heavy atom. The van der Waals surface area contributed by atoms with Crippen LogP contribution in [0.1, 0.15) is 19.8 Å². The molecule has 2 rings (SSSR count). The van der Waals surface area contributed by atoms with Crippen molar-refractivity contribution in [3.8, 4) is 0 Å². The zero-order valence-electron chi connectivity index (χ0n) is 13.9. The van der Waals surface area contributed by atoms with Gasteiger partial charge >= 0.3 is 5.97 Å². The molecule has 0 saturated carbocycles. The van der Waals surface area contributed by atoms with Crippen LogP contribution in [-0.4, -0.2) is 56.0 Å². The summed E-state index contributed by atoms with van der Waals surface area (Å²) in [6, 6.07) is 7.38. The predicted molar refractivity (Wildman–Crippen MR) is 90.0 cm³/mol. The van der Waals surface area contributed by atoms with Crippen molar-refractivity contribution < 1.29 is 24.2 Å². The van der Waals surface area contributed by atoms with Crippen molar-refractivity contribution >= 4 is 23.3 Å². The second-order valence-corrected chi connectivity index (χ2v) is 5.61. The first-order valence-electron chi connectivity index (χ1n) is 8.16. The summed E-state index contributed by atoms with van der Waals surface area (Å²) < 4.78 is 10.1. The van der Waals surface area contributed by atoms with E-state index in [2.05, 4.69) is 5.32 Å². The van der Waals surface area contributed by atoms with E-state index in [1.165, 1.54) is 0 Å². The number of amides is 1. The van der Waals surface area contributed by atoms with E-state index in [9.17, 15) is 14.7 Å². The number of hydrogen-bond acceptors (Lipinski definition) is 6. The van der Waals surface area contributed by atoms with E-state index in [-0.39, 0.29) is 31.6 Å². The number of morpholine rings is 1. The average molecular weight is 336 g/mol. The fourth-order valence-corrected chi connectivity index (χ4v) is 2.31. The predicted octanol–water partition coefficient (Wildman–Crippen LogP) is 1.17. The quantitative estimate of drug-likeness (QED) is 0.693. The van der Waals surface area contributed by atoms with Gasteiger partial charge in [-0.2, -0.15) is 0 Å². The molecule has 0 aromatic heterocycles. The minimum absolute atomic E-state index is 0.0216. The third-order valence-corrected chi connectivity index (χ3v) is 3.60. The van der Waals surface area contributed by atoms with E-state index in [0.717, 1.165) is 17.8 Å². The topological polar surface area (TPSA) is 88.1 Å². The van der Waals surface area contributed by atoms with E-state index in [1.807, 2.05) is 31.2 Å². The van der Waals surface area contributed by atoms with Crippen LogP contribution in [0, 0.1) is 0 Å². The molecule has 1 aliphatic rings. The normalized spacial score (nSPS) is 15.9. The Hall–Kier alpha value is -2.12. The lowest BCUT2D eigenvalue weighted by Crippen LogP contribution is -2.41. The Balaban J connectivity index is 1.77. The molecule has 2 N–H and O–H groups in total. The summed E-state index contributed by atoms with van der Waals surface area (Å²) in [5.41, 5.74) is 1.64. The molecule has 0 spiro atoms. The molecule has 0 radical (unpaired) electrons. The second kappa shape index (κ2) is 9.24. The lowest BCUT2D eigenvalue weighted by Gasteiger charge is -2.27. The van der Waals surface area contributed by atoms with E-state index < -0.39 is 6.10 Å². The van der Waals surface area contributed by atoms with Crippen LogP contribution in [-0.2, 0) is 19.1 Å². The van der Waals surface area contributed by atoms with Crippen LogP contribution >= 0.6 is 0 Å². The lowest BCUT2D eigenvalue weighted by atomic mass is 10.2. The Bertz CT molecular complexity index is 546. The van der Waals surface area contributed by atoms with Crippen molar-refractivity contribution in [2.45, 2.75) is 25.9 Å². The van der Waals surface area contributed by atoms with Crippen LogP contribution in [0.4, 0.5) is 11.4 Å². The molecule has 1 atom stereocenters. The first kappa shape index (κ1) is 18.2. The van der Waals surface area contributed by atoms with Gasteiger partial charge in [-0.1, -0.05) is 6.92 Å². The zero-order valence-corrected chi connectivity index (χ0v) is 13.9. The van der Waals surface area contributed by atoms with Gasteiger partial charge in [-0.25, -0.2) is 0 Å². The monoisotopic (exact) mass is 336 g/mol. The first-order chi connectivity index (χ1) is 11.6. The molecule has 0 bridgehead atoms.